The largest absolute Gasteiger partial charge is 0.368 e. The zero-order valence-electron chi connectivity index (χ0n) is 10.6. The van der Waals surface area contributed by atoms with Crippen LogP contribution in [0.5, 0.6) is 0 Å². The maximum absolute atomic E-state index is 5.98. The topological polar surface area (TPSA) is 77.4 Å². The van der Waals surface area contributed by atoms with Crippen molar-refractivity contribution >= 4 is 0 Å². The number of nitrogens with zero attached hydrogens (tertiary/aromatic N) is 3. The molecule has 2 heterocycles. The molecule has 0 radical (unpaired) electrons. The van der Waals surface area contributed by atoms with Crippen LogP contribution in [0.3, 0.4) is 0 Å². The summed E-state index contributed by atoms with van der Waals surface area (Å²) in [6, 6.07) is -0.223. The Morgan fingerprint density at radius 2 is 2.29 bits per heavy atom. The summed E-state index contributed by atoms with van der Waals surface area (Å²) in [6.45, 7) is 3.58. The van der Waals surface area contributed by atoms with Crippen molar-refractivity contribution < 1.29 is 9.26 Å². The molecule has 0 spiro atoms. The third-order valence-electron chi connectivity index (χ3n) is 2.98. The Hall–Kier alpha value is -0.980. The van der Waals surface area contributed by atoms with Gasteiger partial charge in [0.15, 0.2) is 5.82 Å². The Kier molecular flexibility index (Phi) is 3.76. The van der Waals surface area contributed by atoms with E-state index >= 15 is 0 Å². The normalized spacial score (nSPS) is 26.6. The van der Waals surface area contributed by atoms with E-state index in [1.165, 1.54) is 0 Å². The van der Waals surface area contributed by atoms with Gasteiger partial charge in [-0.2, -0.15) is 4.98 Å². The molecule has 6 nitrogen and oxygen atoms in total. The van der Waals surface area contributed by atoms with Gasteiger partial charge in [0.2, 0.25) is 0 Å². The summed E-state index contributed by atoms with van der Waals surface area (Å²) in [6.07, 6.45) is 0.967. The lowest BCUT2D eigenvalue weighted by Gasteiger charge is -2.13. The highest BCUT2D eigenvalue weighted by atomic mass is 16.5. The van der Waals surface area contributed by atoms with Crippen LogP contribution in [-0.4, -0.2) is 42.3 Å². The van der Waals surface area contributed by atoms with Gasteiger partial charge in [-0.1, -0.05) is 12.1 Å². The lowest BCUT2D eigenvalue weighted by atomic mass is 10.0. The molecule has 1 aromatic rings. The van der Waals surface area contributed by atoms with E-state index in [9.17, 15) is 0 Å². The molecule has 3 unspecified atom stereocenters. The van der Waals surface area contributed by atoms with Crippen molar-refractivity contribution in [2.24, 2.45) is 11.7 Å². The molecule has 2 rings (SSSR count). The van der Waals surface area contributed by atoms with E-state index in [0.717, 1.165) is 13.0 Å². The summed E-state index contributed by atoms with van der Waals surface area (Å²) in [5.74, 6) is 1.53. The number of hydrogen-bond donors (Lipinski definition) is 1. The molecule has 1 aliphatic heterocycles. The summed E-state index contributed by atoms with van der Waals surface area (Å²) in [4.78, 5) is 6.34. The van der Waals surface area contributed by atoms with Crippen LogP contribution in [-0.2, 0) is 4.74 Å². The number of hydrogen-bond acceptors (Lipinski definition) is 6. The molecule has 0 aromatic carbocycles. The Balaban J connectivity index is 2.05. The second-order valence-corrected chi connectivity index (χ2v) is 4.92. The molecule has 6 heteroatoms. The molecule has 0 bridgehead atoms. The Labute approximate surface area is 101 Å². The number of likely N-dealkylation sites (N-methyl/N-ethyl adjacent to an activating group) is 1. The molecule has 2 N–H and O–H groups in total. The van der Waals surface area contributed by atoms with Crippen molar-refractivity contribution in [3.63, 3.8) is 0 Å². The predicted molar refractivity (Wildman–Crippen MR) is 62.3 cm³/mol. The highest BCUT2D eigenvalue weighted by Gasteiger charge is 2.31. The number of rotatable bonds is 4. The second kappa shape index (κ2) is 5.12. The van der Waals surface area contributed by atoms with Crippen LogP contribution >= 0.6 is 0 Å². The summed E-state index contributed by atoms with van der Waals surface area (Å²) in [7, 11) is 3.92. The fraction of sp³-hybridized carbons (Fsp3) is 0.818. The lowest BCUT2D eigenvalue weighted by Crippen LogP contribution is -2.26. The van der Waals surface area contributed by atoms with Gasteiger partial charge >= 0.3 is 0 Å². The molecule has 1 fully saturated rings. The van der Waals surface area contributed by atoms with Crippen LogP contribution in [0.15, 0.2) is 4.52 Å². The van der Waals surface area contributed by atoms with Gasteiger partial charge in [0, 0.05) is 13.2 Å². The quantitative estimate of drug-likeness (QED) is 0.836. The molecule has 1 aromatic heterocycles. The molecule has 0 saturated carbocycles. The Bertz CT molecular complexity index is 366. The summed E-state index contributed by atoms with van der Waals surface area (Å²) in [5, 5.41) is 3.93. The molecule has 1 saturated heterocycles. The van der Waals surface area contributed by atoms with Crippen LogP contribution in [0.1, 0.15) is 37.2 Å². The van der Waals surface area contributed by atoms with Crippen LogP contribution in [0.25, 0.3) is 0 Å². The van der Waals surface area contributed by atoms with Crippen molar-refractivity contribution in [3.8, 4) is 0 Å². The third-order valence-corrected chi connectivity index (χ3v) is 2.98. The Morgan fingerprint density at radius 3 is 2.88 bits per heavy atom. The SMILES string of the molecule is CC1CCOC1c1nc(C(N)CN(C)C)no1. The molecule has 0 amide bonds. The number of ether oxygens (including phenoxy) is 1. The fourth-order valence-corrected chi connectivity index (χ4v) is 2.00. The first-order chi connectivity index (χ1) is 8.08. The predicted octanol–water partition coefficient (Wildman–Crippen LogP) is 0.729. The van der Waals surface area contributed by atoms with Gasteiger partial charge in [-0.3, -0.25) is 0 Å². The second-order valence-electron chi connectivity index (χ2n) is 4.92. The minimum Gasteiger partial charge on any atom is -0.368 e. The Morgan fingerprint density at radius 1 is 1.53 bits per heavy atom. The number of aromatic nitrogens is 2. The monoisotopic (exact) mass is 240 g/mol. The van der Waals surface area contributed by atoms with E-state index in [0.29, 0.717) is 24.2 Å². The molecule has 3 atom stereocenters. The maximum Gasteiger partial charge on any atom is 0.256 e. The average Bonchev–Trinajstić information content (AvgIpc) is 2.84. The standard InChI is InChI=1S/C11H20N4O2/c1-7-4-5-16-9(7)11-13-10(14-17-11)8(12)6-15(2)3/h7-9H,4-6,12H2,1-3H3. The minimum absolute atomic E-state index is 0.0668. The summed E-state index contributed by atoms with van der Waals surface area (Å²) >= 11 is 0. The molecular weight excluding hydrogens is 220 g/mol. The summed E-state index contributed by atoms with van der Waals surface area (Å²) < 4.78 is 10.8. The number of nitrogens with two attached hydrogens (primary N) is 1. The smallest absolute Gasteiger partial charge is 0.256 e. The molecular formula is C11H20N4O2. The zero-order valence-corrected chi connectivity index (χ0v) is 10.6. The van der Waals surface area contributed by atoms with Gasteiger partial charge < -0.3 is 19.9 Å². The van der Waals surface area contributed by atoms with Gasteiger partial charge in [-0.05, 0) is 26.4 Å². The first-order valence-electron chi connectivity index (χ1n) is 5.93. The van der Waals surface area contributed by atoms with E-state index in [2.05, 4.69) is 17.1 Å². The van der Waals surface area contributed by atoms with E-state index < -0.39 is 0 Å². The van der Waals surface area contributed by atoms with Crippen molar-refractivity contribution in [2.45, 2.75) is 25.5 Å². The van der Waals surface area contributed by atoms with Crippen molar-refractivity contribution in [3.05, 3.63) is 11.7 Å². The zero-order chi connectivity index (χ0) is 12.4. The molecule has 1 aliphatic rings. The van der Waals surface area contributed by atoms with Crippen LogP contribution < -0.4 is 5.73 Å². The molecule has 96 valence electrons. The first kappa shape index (κ1) is 12.5. The molecule has 0 aliphatic carbocycles. The van der Waals surface area contributed by atoms with E-state index in [1.807, 2.05) is 19.0 Å². The van der Waals surface area contributed by atoms with Crippen molar-refractivity contribution in [1.29, 1.82) is 0 Å². The third kappa shape index (κ3) is 2.83. The fourth-order valence-electron chi connectivity index (χ4n) is 2.00. The van der Waals surface area contributed by atoms with E-state index in [4.69, 9.17) is 15.0 Å². The average molecular weight is 240 g/mol. The first-order valence-corrected chi connectivity index (χ1v) is 5.93. The van der Waals surface area contributed by atoms with Crippen LogP contribution in [0.2, 0.25) is 0 Å². The van der Waals surface area contributed by atoms with E-state index in [-0.39, 0.29) is 12.1 Å². The van der Waals surface area contributed by atoms with Gasteiger partial charge in [0.05, 0.1) is 6.04 Å². The van der Waals surface area contributed by atoms with Gasteiger partial charge in [0.1, 0.15) is 6.10 Å². The minimum atomic E-state index is -0.223. The van der Waals surface area contributed by atoms with Crippen LogP contribution in [0, 0.1) is 5.92 Å². The van der Waals surface area contributed by atoms with Gasteiger partial charge in [-0.25, -0.2) is 0 Å². The highest BCUT2D eigenvalue weighted by Crippen LogP contribution is 2.33. The van der Waals surface area contributed by atoms with Crippen LogP contribution in [0.4, 0.5) is 0 Å². The maximum atomic E-state index is 5.98. The van der Waals surface area contributed by atoms with E-state index in [1.54, 1.807) is 0 Å². The molecule has 17 heavy (non-hydrogen) atoms. The van der Waals surface area contributed by atoms with Gasteiger partial charge in [0.25, 0.3) is 5.89 Å². The van der Waals surface area contributed by atoms with Gasteiger partial charge in [-0.15, -0.1) is 0 Å². The lowest BCUT2D eigenvalue weighted by molar-refractivity contribution is 0.0661. The van der Waals surface area contributed by atoms with Crippen molar-refractivity contribution in [2.75, 3.05) is 27.2 Å². The van der Waals surface area contributed by atoms with Crippen molar-refractivity contribution in [1.82, 2.24) is 15.0 Å². The highest BCUT2D eigenvalue weighted by molar-refractivity contribution is 4.98. The summed E-state index contributed by atoms with van der Waals surface area (Å²) in [5.41, 5.74) is 5.98.